The van der Waals surface area contributed by atoms with E-state index in [2.05, 4.69) is 0 Å². The molecule has 12 nitrogen and oxygen atoms in total. The normalized spacial score (nSPS) is 12.9. The van der Waals surface area contributed by atoms with Gasteiger partial charge in [0.15, 0.2) is 43.3 Å². The molecule has 14 heteroatoms. The molecule has 256 valence electrons. The van der Waals surface area contributed by atoms with Gasteiger partial charge in [-0.05, 0) is 43.7 Å². The highest BCUT2D eigenvalue weighted by Crippen LogP contribution is 2.53. The van der Waals surface area contributed by atoms with Crippen molar-refractivity contribution < 1.29 is 61.7 Å². The molecule has 0 saturated carbocycles. The van der Waals surface area contributed by atoms with Gasteiger partial charge in [-0.3, -0.25) is 0 Å². The molecule has 1 aliphatic rings. The summed E-state index contributed by atoms with van der Waals surface area (Å²) >= 11 is 0. The first-order valence-corrected chi connectivity index (χ1v) is 14.9. The highest BCUT2D eigenvalue weighted by atomic mass is 19.1. The number of carboxylic acids is 1. The number of carboxylic acid groups (broad SMARTS) is 1. The van der Waals surface area contributed by atoms with Crippen LogP contribution in [0.1, 0.15) is 30.5 Å². The van der Waals surface area contributed by atoms with Gasteiger partial charge in [-0.1, -0.05) is 6.07 Å². The number of hydrogen-bond donors (Lipinski definition) is 2. The summed E-state index contributed by atoms with van der Waals surface area (Å²) in [6, 6.07) is 9.26. The van der Waals surface area contributed by atoms with Gasteiger partial charge in [0.25, 0.3) is 0 Å². The minimum absolute atomic E-state index is 0.00279. The second-order valence-corrected chi connectivity index (χ2v) is 10.2. The zero-order chi connectivity index (χ0) is 34.0. The second kappa shape index (κ2) is 16.6. The molecule has 0 fully saturated rings. The molecule has 0 radical (unpaired) electrons. The molecule has 0 spiro atoms. The molecule has 0 unspecified atom stereocenters. The first kappa shape index (κ1) is 35.6. The maximum atomic E-state index is 15.5. The zero-order valence-electron chi connectivity index (χ0n) is 26.7. The summed E-state index contributed by atoms with van der Waals surface area (Å²) < 4.78 is 74.2. The number of rotatable bonds is 19. The fourth-order valence-electron chi connectivity index (χ4n) is 5.03. The van der Waals surface area contributed by atoms with E-state index >= 15 is 8.78 Å². The largest absolute Gasteiger partial charge is 0.480 e. The van der Waals surface area contributed by atoms with E-state index in [0.29, 0.717) is 32.0 Å². The van der Waals surface area contributed by atoms with Gasteiger partial charge < -0.3 is 53.0 Å². The second-order valence-electron chi connectivity index (χ2n) is 10.2. The van der Waals surface area contributed by atoms with Gasteiger partial charge in [0, 0.05) is 50.6 Å². The monoisotopic (exact) mass is 663 g/mol. The van der Waals surface area contributed by atoms with Crippen LogP contribution in [0.5, 0.6) is 28.7 Å². The lowest BCUT2D eigenvalue weighted by molar-refractivity contribution is -0.139. The number of carbonyl (C=O) groups is 1. The number of ether oxygens (including phenoxy) is 8. The third kappa shape index (κ3) is 8.21. The van der Waals surface area contributed by atoms with Gasteiger partial charge in [-0.25, -0.2) is 13.6 Å². The molecule has 0 saturated heterocycles. The molecule has 0 atom stereocenters. The summed E-state index contributed by atoms with van der Waals surface area (Å²) in [6.45, 7) is 4.82. The van der Waals surface area contributed by atoms with Gasteiger partial charge in [0.2, 0.25) is 0 Å². The number of benzene rings is 3. The molecular formula is C33H39F2NO11. The zero-order valence-corrected chi connectivity index (χ0v) is 26.7. The first-order valence-electron chi connectivity index (χ1n) is 14.9. The van der Waals surface area contributed by atoms with Gasteiger partial charge in [0.1, 0.15) is 22.8 Å². The van der Waals surface area contributed by atoms with Crippen LogP contribution in [0.4, 0.5) is 14.5 Å². The smallest absolute Gasteiger partial charge is 0.341 e. The van der Waals surface area contributed by atoms with E-state index in [9.17, 15) is 15.0 Å². The van der Waals surface area contributed by atoms with E-state index in [4.69, 9.17) is 37.9 Å². The molecular weight excluding hydrogens is 624 g/mol. The first-order chi connectivity index (χ1) is 22.7. The van der Waals surface area contributed by atoms with Crippen LogP contribution in [0.25, 0.3) is 0 Å². The Kier molecular flexibility index (Phi) is 12.6. The van der Waals surface area contributed by atoms with Crippen LogP contribution in [0.3, 0.4) is 0 Å². The van der Waals surface area contributed by atoms with Gasteiger partial charge in [-0.15, -0.1) is 0 Å². The van der Waals surface area contributed by atoms with Crippen molar-refractivity contribution >= 4 is 11.7 Å². The maximum absolute atomic E-state index is 15.5. The maximum Gasteiger partial charge on any atom is 0.341 e. The Labute approximate surface area is 271 Å². The number of methoxy groups -OCH3 is 2. The van der Waals surface area contributed by atoms with E-state index in [-0.39, 0.29) is 72.2 Å². The van der Waals surface area contributed by atoms with Crippen molar-refractivity contribution in [2.24, 2.45) is 0 Å². The Morgan fingerprint density at radius 3 is 1.79 bits per heavy atom. The summed E-state index contributed by atoms with van der Waals surface area (Å²) in [5.74, 6) is -3.19. The van der Waals surface area contributed by atoms with Gasteiger partial charge in [-0.2, -0.15) is 0 Å². The van der Waals surface area contributed by atoms with E-state index in [1.807, 2.05) is 18.7 Å². The highest BCUT2D eigenvalue weighted by Gasteiger charge is 2.44. The van der Waals surface area contributed by atoms with Crippen molar-refractivity contribution in [1.29, 1.82) is 0 Å². The minimum atomic E-state index is -2.21. The van der Waals surface area contributed by atoms with Crippen LogP contribution >= 0.6 is 0 Å². The fourth-order valence-corrected chi connectivity index (χ4v) is 5.03. The average molecular weight is 664 g/mol. The third-order valence-corrected chi connectivity index (χ3v) is 7.36. The Hall–Kier alpha value is -4.21. The van der Waals surface area contributed by atoms with Crippen LogP contribution < -0.4 is 23.8 Å². The van der Waals surface area contributed by atoms with Crippen molar-refractivity contribution in [2.75, 3.05) is 78.8 Å². The van der Waals surface area contributed by atoms with Crippen molar-refractivity contribution in [1.82, 2.24) is 0 Å². The summed E-state index contributed by atoms with van der Waals surface area (Å²) in [5.41, 5.74) is -1.64. The SMILES string of the molecule is CCN(CC)c1ccc(C2(O)c3cc(F)c(OCOCCOC)cc3Oc3cc(OCOCCOC)c(F)cc32)cc1OCC(=O)O. The lowest BCUT2D eigenvalue weighted by Crippen LogP contribution is -2.33. The molecule has 47 heavy (non-hydrogen) atoms. The summed E-state index contributed by atoms with van der Waals surface area (Å²) in [7, 11) is 3.03. The summed E-state index contributed by atoms with van der Waals surface area (Å²) in [5, 5.41) is 21.9. The lowest BCUT2D eigenvalue weighted by Gasteiger charge is -2.37. The van der Waals surface area contributed by atoms with Crippen LogP contribution in [0, 0.1) is 11.6 Å². The molecule has 2 N–H and O–H groups in total. The topological polar surface area (TPSA) is 135 Å². The quantitative estimate of drug-likeness (QED) is 0.136. The number of hydrogen-bond acceptors (Lipinski definition) is 11. The number of halogens is 2. The molecule has 0 aromatic heterocycles. The van der Waals surface area contributed by atoms with Crippen molar-refractivity contribution in [3.05, 3.63) is 70.8 Å². The van der Waals surface area contributed by atoms with E-state index in [1.165, 1.54) is 32.4 Å². The molecule has 0 bridgehead atoms. The molecule has 4 rings (SSSR count). The van der Waals surface area contributed by atoms with Gasteiger partial charge in [0.05, 0.1) is 32.1 Å². The predicted molar refractivity (Wildman–Crippen MR) is 165 cm³/mol. The Balaban J connectivity index is 1.83. The van der Waals surface area contributed by atoms with Crippen molar-refractivity contribution in [2.45, 2.75) is 19.4 Å². The average Bonchev–Trinajstić information content (AvgIpc) is 3.06. The van der Waals surface area contributed by atoms with Crippen LogP contribution in [-0.2, 0) is 29.3 Å². The third-order valence-electron chi connectivity index (χ3n) is 7.36. The van der Waals surface area contributed by atoms with Crippen LogP contribution in [0.15, 0.2) is 42.5 Å². The lowest BCUT2D eigenvalue weighted by atomic mass is 9.77. The summed E-state index contributed by atoms with van der Waals surface area (Å²) in [4.78, 5) is 13.4. The van der Waals surface area contributed by atoms with E-state index in [0.717, 1.165) is 12.1 Å². The number of aliphatic carboxylic acids is 1. The standard InChI is InChI=1S/C33H39F2NO11/c1-5-36(6-2)26-8-7-21(13-31(26)44-18-32(37)38)33(39)22-14-24(34)29(45-19-42-11-9-40-3)16-27(22)47-28-17-30(25(35)15-23(28)33)46-20-43-12-10-41-4/h7-8,13-17,39H,5-6,9-12,18-20H2,1-4H3,(H,37,38). The Bertz CT molecular complexity index is 1450. The molecule has 3 aromatic carbocycles. The van der Waals surface area contributed by atoms with Crippen molar-refractivity contribution in [3.8, 4) is 28.7 Å². The number of nitrogens with zero attached hydrogens (tertiary/aromatic N) is 1. The molecule has 1 aliphatic heterocycles. The minimum Gasteiger partial charge on any atom is -0.480 e. The Morgan fingerprint density at radius 1 is 0.787 bits per heavy atom. The number of anilines is 1. The van der Waals surface area contributed by atoms with Gasteiger partial charge >= 0.3 is 5.97 Å². The highest BCUT2D eigenvalue weighted by molar-refractivity contribution is 5.70. The molecule has 0 amide bonds. The van der Waals surface area contributed by atoms with E-state index < -0.39 is 29.8 Å². The summed E-state index contributed by atoms with van der Waals surface area (Å²) in [6.07, 6.45) is 0. The molecule has 1 heterocycles. The predicted octanol–water partition coefficient (Wildman–Crippen LogP) is 4.66. The number of aliphatic hydroxyl groups is 1. The number of fused-ring (bicyclic) bond motifs is 2. The fraction of sp³-hybridized carbons (Fsp3) is 0.424. The van der Waals surface area contributed by atoms with Crippen LogP contribution in [0.2, 0.25) is 0 Å². The Morgan fingerprint density at radius 2 is 1.32 bits per heavy atom. The van der Waals surface area contributed by atoms with E-state index in [1.54, 1.807) is 12.1 Å². The molecule has 3 aromatic rings. The van der Waals surface area contributed by atoms with Crippen molar-refractivity contribution in [3.63, 3.8) is 0 Å². The molecule has 0 aliphatic carbocycles. The van der Waals surface area contributed by atoms with Crippen LogP contribution in [-0.4, -0.2) is 90.1 Å².